The molecule has 0 aliphatic rings. The Bertz CT molecular complexity index is 721. The van der Waals surface area contributed by atoms with Gasteiger partial charge in [0, 0.05) is 16.9 Å². The standard InChI is InChI=1S/C15H13NO2S/c17-13-3-1-10(7-14(13)18)9-16-12-2-4-15-11(8-12)5-6-19-15/h1-8,16-18H,9H2. The van der Waals surface area contributed by atoms with Crippen LogP contribution in [0, 0.1) is 0 Å². The van der Waals surface area contributed by atoms with Gasteiger partial charge in [-0.1, -0.05) is 6.07 Å². The fourth-order valence-corrected chi connectivity index (χ4v) is 2.73. The van der Waals surface area contributed by atoms with Crippen molar-refractivity contribution in [2.24, 2.45) is 0 Å². The average Bonchev–Trinajstić information content (AvgIpc) is 2.87. The van der Waals surface area contributed by atoms with E-state index in [4.69, 9.17) is 0 Å². The lowest BCUT2D eigenvalue weighted by molar-refractivity contribution is 0.403. The lowest BCUT2D eigenvalue weighted by atomic mass is 10.2. The number of fused-ring (bicyclic) bond motifs is 1. The van der Waals surface area contributed by atoms with E-state index in [0.717, 1.165) is 11.3 Å². The molecule has 4 heteroatoms. The van der Waals surface area contributed by atoms with Crippen molar-refractivity contribution in [1.29, 1.82) is 0 Å². The van der Waals surface area contributed by atoms with Crippen LogP contribution in [0.1, 0.15) is 5.56 Å². The summed E-state index contributed by atoms with van der Waals surface area (Å²) in [6.07, 6.45) is 0. The molecule has 0 saturated carbocycles. The summed E-state index contributed by atoms with van der Waals surface area (Å²) in [5, 5.41) is 25.3. The van der Waals surface area contributed by atoms with Crippen LogP contribution in [0.25, 0.3) is 10.1 Å². The molecule has 0 amide bonds. The molecule has 3 rings (SSSR count). The Kier molecular flexibility index (Phi) is 3.01. The lowest BCUT2D eigenvalue weighted by Crippen LogP contribution is -1.98. The van der Waals surface area contributed by atoms with Gasteiger partial charge in [0.25, 0.3) is 0 Å². The predicted octanol–water partition coefficient (Wildman–Crippen LogP) is 3.92. The van der Waals surface area contributed by atoms with Crippen LogP contribution < -0.4 is 5.32 Å². The van der Waals surface area contributed by atoms with E-state index in [2.05, 4.69) is 28.9 Å². The summed E-state index contributed by atoms with van der Waals surface area (Å²) in [6, 6.07) is 13.2. The van der Waals surface area contributed by atoms with Gasteiger partial charge in [-0.25, -0.2) is 0 Å². The van der Waals surface area contributed by atoms with Crippen LogP contribution in [-0.2, 0) is 6.54 Å². The highest BCUT2D eigenvalue weighted by molar-refractivity contribution is 7.17. The number of benzene rings is 2. The maximum Gasteiger partial charge on any atom is 0.157 e. The summed E-state index contributed by atoms with van der Waals surface area (Å²) in [4.78, 5) is 0. The molecular formula is C15H13NO2S. The first kappa shape index (κ1) is 11.9. The normalized spacial score (nSPS) is 10.7. The first-order chi connectivity index (χ1) is 9.22. The topological polar surface area (TPSA) is 52.5 Å². The molecule has 3 aromatic rings. The van der Waals surface area contributed by atoms with E-state index >= 15 is 0 Å². The predicted molar refractivity (Wildman–Crippen MR) is 78.9 cm³/mol. The molecule has 96 valence electrons. The van der Waals surface area contributed by atoms with E-state index in [9.17, 15) is 10.2 Å². The molecule has 0 aliphatic carbocycles. The second-order valence-electron chi connectivity index (χ2n) is 4.35. The third kappa shape index (κ3) is 2.48. The molecule has 1 aromatic heterocycles. The SMILES string of the molecule is Oc1ccc(CNc2ccc3sccc3c2)cc1O. The number of rotatable bonds is 3. The van der Waals surface area contributed by atoms with E-state index in [1.54, 1.807) is 23.5 Å². The van der Waals surface area contributed by atoms with Crippen LogP contribution in [0.4, 0.5) is 5.69 Å². The van der Waals surface area contributed by atoms with Crippen molar-refractivity contribution in [3.63, 3.8) is 0 Å². The van der Waals surface area contributed by atoms with Crippen molar-refractivity contribution >= 4 is 27.1 Å². The van der Waals surface area contributed by atoms with Crippen molar-refractivity contribution in [3.8, 4) is 11.5 Å². The van der Waals surface area contributed by atoms with E-state index in [0.29, 0.717) is 6.54 Å². The molecule has 0 atom stereocenters. The van der Waals surface area contributed by atoms with Crippen LogP contribution in [-0.4, -0.2) is 10.2 Å². The van der Waals surface area contributed by atoms with Crippen molar-refractivity contribution in [2.45, 2.75) is 6.54 Å². The van der Waals surface area contributed by atoms with Gasteiger partial charge in [-0.15, -0.1) is 11.3 Å². The third-order valence-electron chi connectivity index (χ3n) is 2.99. The van der Waals surface area contributed by atoms with Gasteiger partial charge in [0.05, 0.1) is 0 Å². The van der Waals surface area contributed by atoms with Crippen molar-refractivity contribution in [1.82, 2.24) is 0 Å². The maximum atomic E-state index is 9.43. The number of phenols is 2. The highest BCUT2D eigenvalue weighted by atomic mass is 32.1. The average molecular weight is 271 g/mol. The van der Waals surface area contributed by atoms with E-state index in [1.165, 1.54) is 16.2 Å². The molecule has 3 nitrogen and oxygen atoms in total. The van der Waals surface area contributed by atoms with Crippen molar-refractivity contribution in [2.75, 3.05) is 5.32 Å². The van der Waals surface area contributed by atoms with Crippen LogP contribution in [0.15, 0.2) is 47.8 Å². The summed E-state index contributed by atoms with van der Waals surface area (Å²) < 4.78 is 1.27. The zero-order valence-electron chi connectivity index (χ0n) is 10.1. The summed E-state index contributed by atoms with van der Waals surface area (Å²) in [5.74, 6) is -0.184. The van der Waals surface area contributed by atoms with Gasteiger partial charge in [0.15, 0.2) is 11.5 Å². The summed E-state index contributed by atoms with van der Waals surface area (Å²) in [7, 11) is 0. The Morgan fingerprint density at radius 2 is 1.84 bits per heavy atom. The minimum absolute atomic E-state index is 0.0902. The molecule has 0 fully saturated rings. The first-order valence-electron chi connectivity index (χ1n) is 5.94. The van der Waals surface area contributed by atoms with Crippen LogP contribution in [0.5, 0.6) is 11.5 Å². The Morgan fingerprint density at radius 3 is 2.68 bits per heavy atom. The molecule has 1 heterocycles. The fourth-order valence-electron chi connectivity index (χ4n) is 1.96. The van der Waals surface area contributed by atoms with Crippen LogP contribution >= 0.6 is 11.3 Å². The molecule has 0 radical (unpaired) electrons. The molecule has 19 heavy (non-hydrogen) atoms. The van der Waals surface area contributed by atoms with Gasteiger partial charge < -0.3 is 15.5 Å². The van der Waals surface area contributed by atoms with Crippen molar-refractivity contribution in [3.05, 3.63) is 53.4 Å². The Hall–Kier alpha value is -2.20. The Morgan fingerprint density at radius 1 is 0.947 bits per heavy atom. The Labute approximate surface area is 114 Å². The minimum atomic E-state index is -0.0940. The molecule has 2 aromatic carbocycles. The number of aromatic hydroxyl groups is 2. The summed E-state index contributed by atoms with van der Waals surface area (Å²) in [5.41, 5.74) is 1.96. The monoisotopic (exact) mass is 271 g/mol. The second-order valence-corrected chi connectivity index (χ2v) is 5.30. The van der Waals surface area contributed by atoms with E-state index in [1.807, 2.05) is 6.07 Å². The van der Waals surface area contributed by atoms with Gasteiger partial charge >= 0.3 is 0 Å². The Balaban J connectivity index is 1.75. The van der Waals surface area contributed by atoms with Gasteiger partial charge in [0.2, 0.25) is 0 Å². The number of hydrogen-bond donors (Lipinski definition) is 3. The van der Waals surface area contributed by atoms with Gasteiger partial charge in [0.1, 0.15) is 0 Å². The summed E-state index contributed by atoms with van der Waals surface area (Å²) in [6.45, 7) is 0.601. The highest BCUT2D eigenvalue weighted by Gasteiger charge is 2.01. The molecule has 0 spiro atoms. The molecular weight excluding hydrogens is 258 g/mol. The number of phenolic OH excluding ortho intramolecular Hbond substituents is 2. The van der Waals surface area contributed by atoms with E-state index in [-0.39, 0.29) is 11.5 Å². The molecule has 0 bridgehead atoms. The lowest BCUT2D eigenvalue weighted by Gasteiger charge is -2.07. The fraction of sp³-hybridized carbons (Fsp3) is 0.0667. The molecule has 0 aliphatic heterocycles. The zero-order chi connectivity index (χ0) is 13.2. The van der Waals surface area contributed by atoms with Gasteiger partial charge in [-0.05, 0) is 52.7 Å². The molecule has 0 unspecified atom stereocenters. The minimum Gasteiger partial charge on any atom is -0.504 e. The highest BCUT2D eigenvalue weighted by Crippen LogP contribution is 2.26. The van der Waals surface area contributed by atoms with Crippen LogP contribution in [0.3, 0.4) is 0 Å². The number of hydrogen-bond acceptors (Lipinski definition) is 4. The number of thiophene rings is 1. The quantitative estimate of drug-likeness (QED) is 0.633. The smallest absolute Gasteiger partial charge is 0.157 e. The van der Waals surface area contributed by atoms with Crippen molar-refractivity contribution < 1.29 is 10.2 Å². The number of nitrogens with one attached hydrogen (secondary N) is 1. The zero-order valence-corrected chi connectivity index (χ0v) is 10.9. The molecule has 3 N–H and O–H groups in total. The first-order valence-corrected chi connectivity index (χ1v) is 6.82. The van der Waals surface area contributed by atoms with E-state index < -0.39 is 0 Å². The van der Waals surface area contributed by atoms with Gasteiger partial charge in [-0.2, -0.15) is 0 Å². The van der Waals surface area contributed by atoms with Gasteiger partial charge in [-0.3, -0.25) is 0 Å². The third-order valence-corrected chi connectivity index (χ3v) is 3.89. The van der Waals surface area contributed by atoms with Crippen LogP contribution in [0.2, 0.25) is 0 Å². The summed E-state index contributed by atoms with van der Waals surface area (Å²) >= 11 is 1.73. The second kappa shape index (κ2) is 4.82. The number of anilines is 1. The maximum absolute atomic E-state index is 9.43. The largest absolute Gasteiger partial charge is 0.504 e. The molecule has 0 saturated heterocycles.